The van der Waals surface area contributed by atoms with E-state index in [1.54, 1.807) is 12.1 Å². The van der Waals surface area contributed by atoms with E-state index in [0.29, 0.717) is 22.8 Å². The van der Waals surface area contributed by atoms with Gasteiger partial charge < -0.3 is 28.8 Å². The third-order valence-electron chi connectivity index (χ3n) is 3.11. The molecule has 8 nitrogen and oxygen atoms in total. The number of benzene rings is 1. The first-order chi connectivity index (χ1) is 10.5. The maximum absolute atomic E-state index is 10.8. The highest BCUT2D eigenvalue weighted by atomic mass is 16.7. The lowest BCUT2D eigenvalue weighted by Gasteiger charge is -2.33. The first kappa shape index (κ1) is 18.0. The van der Waals surface area contributed by atoms with E-state index >= 15 is 0 Å². The van der Waals surface area contributed by atoms with Crippen LogP contribution in [0.25, 0.3) is 0 Å². The molecule has 0 saturated heterocycles. The van der Waals surface area contributed by atoms with Crippen molar-refractivity contribution < 1.29 is 33.6 Å². The molecule has 0 unspecified atom stereocenters. The molecule has 22 heavy (non-hydrogen) atoms. The molecule has 0 bridgehead atoms. The van der Waals surface area contributed by atoms with Gasteiger partial charge >= 0.3 is 5.97 Å². The minimum absolute atomic E-state index is 0.309. The van der Waals surface area contributed by atoms with Gasteiger partial charge in [-0.2, -0.15) is 0 Å². The number of aliphatic carboxylic acids is 1. The predicted molar refractivity (Wildman–Crippen MR) is 77.4 cm³/mol. The third-order valence-corrected chi connectivity index (χ3v) is 3.11. The van der Waals surface area contributed by atoms with Gasteiger partial charge in [-0.05, 0) is 12.1 Å². The zero-order valence-corrected chi connectivity index (χ0v) is 13.3. The number of hydrogen-bond acceptors (Lipinski definition) is 7. The first-order valence-electron chi connectivity index (χ1n) is 6.36. The van der Waals surface area contributed by atoms with Crippen molar-refractivity contribution in [3.63, 3.8) is 0 Å². The molecular weight excluding hydrogens is 294 g/mol. The van der Waals surface area contributed by atoms with Crippen LogP contribution < -0.4 is 19.5 Å². The van der Waals surface area contributed by atoms with Crippen LogP contribution in [0.3, 0.4) is 0 Å². The van der Waals surface area contributed by atoms with Crippen LogP contribution in [0.4, 0.5) is 0 Å². The van der Waals surface area contributed by atoms with E-state index < -0.39 is 11.9 Å². The predicted octanol–water partition coefficient (Wildman–Crippen LogP) is 0.790. The monoisotopic (exact) mass is 315 g/mol. The van der Waals surface area contributed by atoms with Crippen molar-refractivity contribution in [2.45, 2.75) is 5.91 Å². The SMILES string of the molecule is COc1ccc(C(NCC(=O)O)(OC)OC)c(OC)c1OC. The van der Waals surface area contributed by atoms with Crippen molar-refractivity contribution in [1.29, 1.82) is 0 Å². The summed E-state index contributed by atoms with van der Waals surface area (Å²) < 4.78 is 26.6. The van der Waals surface area contributed by atoms with Crippen molar-refractivity contribution in [2.24, 2.45) is 0 Å². The van der Waals surface area contributed by atoms with Crippen LogP contribution in [0.1, 0.15) is 5.56 Å². The summed E-state index contributed by atoms with van der Waals surface area (Å²) in [5.41, 5.74) is 0.416. The van der Waals surface area contributed by atoms with Crippen LogP contribution in [-0.4, -0.2) is 53.2 Å². The number of carboxylic acids is 1. The molecule has 1 aromatic rings. The van der Waals surface area contributed by atoms with Crippen molar-refractivity contribution in [2.75, 3.05) is 42.1 Å². The molecule has 0 fully saturated rings. The highest BCUT2D eigenvalue weighted by molar-refractivity contribution is 5.69. The second kappa shape index (κ2) is 7.83. The van der Waals surface area contributed by atoms with Gasteiger partial charge in [0.1, 0.15) is 0 Å². The number of methoxy groups -OCH3 is 5. The first-order valence-corrected chi connectivity index (χ1v) is 6.36. The molecule has 0 amide bonds. The quantitative estimate of drug-likeness (QED) is 0.646. The molecule has 0 heterocycles. The van der Waals surface area contributed by atoms with Crippen molar-refractivity contribution in [3.8, 4) is 17.2 Å². The van der Waals surface area contributed by atoms with Crippen LogP contribution in [0, 0.1) is 0 Å². The Morgan fingerprint density at radius 3 is 2.05 bits per heavy atom. The molecule has 0 atom stereocenters. The third kappa shape index (κ3) is 3.41. The van der Waals surface area contributed by atoms with E-state index in [1.807, 2.05) is 0 Å². The Morgan fingerprint density at radius 2 is 1.64 bits per heavy atom. The summed E-state index contributed by atoms with van der Waals surface area (Å²) >= 11 is 0. The smallest absolute Gasteiger partial charge is 0.317 e. The number of ether oxygens (including phenoxy) is 5. The number of hydrogen-bond donors (Lipinski definition) is 2. The van der Waals surface area contributed by atoms with Gasteiger partial charge in [-0.15, -0.1) is 0 Å². The van der Waals surface area contributed by atoms with E-state index in [1.165, 1.54) is 35.5 Å². The summed E-state index contributed by atoms with van der Waals surface area (Å²) in [5, 5.41) is 11.6. The fraction of sp³-hybridized carbons (Fsp3) is 0.500. The summed E-state index contributed by atoms with van der Waals surface area (Å²) in [4.78, 5) is 10.8. The summed E-state index contributed by atoms with van der Waals surface area (Å²) in [6.45, 7) is -0.376. The summed E-state index contributed by atoms with van der Waals surface area (Å²) in [7, 11) is 7.19. The van der Waals surface area contributed by atoms with E-state index in [4.69, 9.17) is 28.8 Å². The fourth-order valence-electron chi connectivity index (χ4n) is 2.10. The average molecular weight is 315 g/mol. The van der Waals surface area contributed by atoms with Crippen LogP contribution in [0.2, 0.25) is 0 Å². The van der Waals surface area contributed by atoms with Crippen LogP contribution >= 0.6 is 0 Å². The molecule has 124 valence electrons. The number of carboxylic acid groups (broad SMARTS) is 1. The van der Waals surface area contributed by atoms with Crippen LogP contribution in [0.5, 0.6) is 17.2 Å². The van der Waals surface area contributed by atoms with E-state index in [-0.39, 0.29) is 6.54 Å². The number of carbonyl (C=O) groups is 1. The normalized spacial score (nSPS) is 11.1. The molecule has 0 spiro atoms. The molecule has 0 aliphatic rings. The Bertz CT molecular complexity index is 514. The van der Waals surface area contributed by atoms with Gasteiger partial charge in [0.05, 0.1) is 33.4 Å². The molecule has 0 aliphatic carbocycles. The Hall–Kier alpha value is -2.03. The van der Waals surface area contributed by atoms with Crippen molar-refractivity contribution in [1.82, 2.24) is 5.32 Å². The van der Waals surface area contributed by atoms with E-state index in [9.17, 15) is 4.79 Å². The van der Waals surface area contributed by atoms with Gasteiger partial charge in [-0.25, -0.2) is 0 Å². The standard InChI is InChI=1S/C14H21NO7/c1-18-10-7-6-9(12(19-2)13(10)20-3)14(21-4,22-5)15-8-11(16)17/h6-7,15H,8H2,1-5H3,(H,16,17). The minimum Gasteiger partial charge on any atom is -0.493 e. The summed E-state index contributed by atoms with van der Waals surface area (Å²) in [6.07, 6.45) is 0. The molecule has 8 heteroatoms. The van der Waals surface area contributed by atoms with Crippen molar-refractivity contribution >= 4 is 5.97 Å². The zero-order chi connectivity index (χ0) is 16.8. The molecule has 1 rings (SSSR count). The molecule has 2 N–H and O–H groups in total. The van der Waals surface area contributed by atoms with E-state index in [0.717, 1.165) is 0 Å². The summed E-state index contributed by atoms with van der Waals surface area (Å²) in [6, 6.07) is 3.29. The van der Waals surface area contributed by atoms with Gasteiger partial charge in [-0.3, -0.25) is 10.1 Å². The van der Waals surface area contributed by atoms with Gasteiger partial charge in [0.2, 0.25) is 5.75 Å². The number of rotatable bonds is 9. The Balaban J connectivity index is 3.44. The van der Waals surface area contributed by atoms with Gasteiger partial charge in [-0.1, -0.05) is 0 Å². The summed E-state index contributed by atoms with van der Waals surface area (Å²) in [5.74, 6) is -1.45. The Labute approximate surface area is 128 Å². The lowest BCUT2D eigenvalue weighted by Crippen LogP contribution is -2.48. The second-order valence-corrected chi connectivity index (χ2v) is 4.15. The van der Waals surface area contributed by atoms with Crippen molar-refractivity contribution in [3.05, 3.63) is 17.7 Å². The van der Waals surface area contributed by atoms with Crippen LogP contribution in [-0.2, 0) is 20.2 Å². The van der Waals surface area contributed by atoms with E-state index in [2.05, 4.69) is 5.32 Å². The maximum atomic E-state index is 10.8. The molecular formula is C14H21NO7. The molecule has 0 aromatic heterocycles. The lowest BCUT2D eigenvalue weighted by molar-refractivity contribution is -0.238. The molecule has 0 aliphatic heterocycles. The molecule has 0 saturated carbocycles. The Morgan fingerprint density at radius 1 is 1.05 bits per heavy atom. The van der Waals surface area contributed by atoms with Gasteiger partial charge in [0, 0.05) is 14.2 Å². The number of nitrogens with one attached hydrogen (secondary N) is 1. The Kier molecular flexibility index (Phi) is 6.41. The fourth-order valence-corrected chi connectivity index (χ4v) is 2.10. The topological polar surface area (TPSA) is 95.5 Å². The lowest BCUT2D eigenvalue weighted by atomic mass is 10.1. The maximum Gasteiger partial charge on any atom is 0.317 e. The van der Waals surface area contributed by atoms with Crippen LogP contribution in [0.15, 0.2) is 12.1 Å². The average Bonchev–Trinajstić information content (AvgIpc) is 2.54. The zero-order valence-electron chi connectivity index (χ0n) is 13.3. The molecule has 0 radical (unpaired) electrons. The highest BCUT2D eigenvalue weighted by Crippen LogP contribution is 2.44. The van der Waals surface area contributed by atoms with Gasteiger partial charge in [0.25, 0.3) is 5.91 Å². The second-order valence-electron chi connectivity index (χ2n) is 4.15. The molecule has 1 aromatic carbocycles. The highest BCUT2D eigenvalue weighted by Gasteiger charge is 2.37. The largest absolute Gasteiger partial charge is 0.493 e. The van der Waals surface area contributed by atoms with Gasteiger partial charge in [0.15, 0.2) is 11.5 Å². The minimum atomic E-state index is -1.51.